The van der Waals surface area contributed by atoms with Gasteiger partial charge in [0.1, 0.15) is 0 Å². The van der Waals surface area contributed by atoms with E-state index in [0.717, 1.165) is 12.4 Å². The van der Waals surface area contributed by atoms with Crippen LogP contribution in [0, 0.1) is 0 Å². The first-order valence-electron chi connectivity index (χ1n) is 5.32. The van der Waals surface area contributed by atoms with Gasteiger partial charge < -0.3 is 4.74 Å². The number of hydrogen-bond acceptors (Lipinski definition) is 2. The zero-order chi connectivity index (χ0) is 11.3. The van der Waals surface area contributed by atoms with E-state index in [2.05, 4.69) is 57.7 Å². The first-order valence-corrected chi connectivity index (χ1v) is 5.96. The van der Waals surface area contributed by atoms with Crippen LogP contribution in [0.3, 0.4) is 0 Å². The quantitative estimate of drug-likeness (QED) is 0.770. The maximum Gasteiger partial charge on any atom is 0.0598 e. The SMILES string of the molecule is CC(C)(C)OCC(CS)c1ccccc1. The first kappa shape index (κ1) is 12.6. The van der Waals surface area contributed by atoms with E-state index in [9.17, 15) is 0 Å². The van der Waals surface area contributed by atoms with E-state index in [1.165, 1.54) is 5.56 Å². The van der Waals surface area contributed by atoms with Crippen LogP contribution in [0.25, 0.3) is 0 Å². The molecule has 0 aliphatic carbocycles. The molecule has 1 atom stereocenters. The van der Waals surface area contributed by atoms with Gasteiger partial charge in [-0.3, -0.25) is 0 Å². The van der Waals surface area contributed by atoms with Gasteiger partial charge in [0.25, 0.3) is 0 Å². The summed E-state index contributed by atoms with van der Waals surface area (Å²) < 4.78 is 5.79. The van der Waals surface area contributed by atoms with Gasteiger partial charge in [-0.1, -0.05) is 30.3 Å². The standard InChI is InChI=1S/C13H20OS/c1-13(2,3)14-9-12(10-15)11-7-5-4-6-8-11/h4-8,12,15H,9-10H2,1-3H3. The lowest BCUT2D eigenvalue weighted by molar-refractivity contribution is -0.00832. The van der Waals surface area contributed by atoms with Crippen LogP contribution in [-0.4, -0.2) is 18.0 Å². The lowest BCUT2D eigenvalue weighted by atomic mass is 10.0. The van der Waals surface area contributed by atoms with Gasteiger partial charge in [0.05, 0.1) is 12.2 Å². The summed E-state index contributed by atoms with van der Waals surface area (Å²) >= 11 is 4.38. The number of thiol groups is 1. The molecule has 15 heavy (non-hydrogen) atoms. The molecule has 0 fully saturated rings. The first-order chi connectivity index (χ1) is 7.03. The van der Waals surface area contributed by atoms with Gasteiger partial charge in [-0.2, -0.15) is 12.6 Å². The summed E-state index contributed by atoms with van der Waals surface area (Å²) in [5.74, 6) is 1.20. The molecule has 0 bridgehead atoms. The Morgan fingerprint density at radius 3 is 2.27 bits per heavy atom. The fourth-order valence-corrected chi connectivity index (χ4v) is 1.65. The summed E-state index contributed by atoms with van der Waals surface area (Å²) in [6.07, 6.45) is 0. The van der Waals surface area contributed by atoms with Crippen molar-refractivity contribution < 1.29 is 4.74 Å². The summed E-state index contributed by atoms with van der Waals surface area (Å²) in [4.78, 5) is 0. The van der Waals surface area contributed by atoms with E-state index in [4.69, 9.17) is 4.74 Å². The monoisotopic (exact) mass is 224 g/mol. The Morgan fingerprint density at radius 2 is 1.80 bits per heavy atom. The molecule has 0 aliphatic rings. The summed E-state index contributed by atoms with van der Waals surface area (Å²) in [5, 5.41) is 0. The van der Waals surface area contributed by atoms with Gasteiger partial charge >= 0.3 is 0 Å². The molecule has 0 aliphatic heterocycles. The third kappa shape index (κ3) is 4.72. The number of hydrogen-bond donors (Lipinski definition) is 1. The van der Waals surface area contributed by atoms with Crippen LogP contribution >= 0.6 is 12.6 Å². The molecule has 0 saturated carbocycles. The molecule has 1 aromatic carbocycles. The van der Waals surface area contributed by atoms with E-state index in [1.54, 1.807) is 0 Å². The maximum absolute atomic E-state index is 5.79. The molecular formula is C13H20OS. The lowest BCUT2D eigenvalue weighted by Crippen LogP contribution is -2.23. The molecule has 0 spiro atoms. The molecule has 0 amide bonds. The van der Waals surface area contributed by atoms with Crippen LogP contribution in [-0.2, 0) is 4.74 Å². The van der Waals surface area contributed by atoms with Gasteiger partial charge in [0, 0.05) is 5.92 Å². The molecule has 0 radical (unpaired) electrons. The summed E-state index contributed by atoms with van der Waals surface area (Å²) in [7, 11) is 0. The third-order valence-corrected chi connectivity index (χ3v) is 2.65. The Kier molecular flexibility index (Phi) is 4.68. The summed E-state index contributed by atoms with van der Waals surface area (Å²) in [5.41, 5.74) is 1.23. The van der Waals surface area contributed by atoms with Crippen molar-refractivity contribution in [2.24, 2.45) is 0 Å². The fourth-order valence-electron chi connectivity index (χ4n) is 1.33. The molecule has 0 N–H and O–H groups in total. The minimum Gasteiger partial charge on any atom is -0.375 e. The highest BCUT2D eigenvalue weighted by atomic mass is 32.1. The van der Waals surface area contributed by atoms with Crippen molar-refractivity contribution in [1.82, 2.24) is 0 Å². The maximum atomic E-state index is 5.79. The number of benzene rings is 1. The molecule has 2 heteroatoms. The minimum absolute atomic E-state index is 0.0734. The van der Waals surface area contributed by atoms with Crippen LogP contribution in [0.5, 0.6) is 0 Å². The molecule has 1 nitrogen and oxygen atoms in total. The third-order valence-electron chi connectivity index (χ3n) is 2.21. The van der Waals surface area contributed by atoms with Crippen molar-refractivity contribution in [3.05, 3.63) is 35.9 Å². The van der Waals surface area contributed by atoms with Crippen LogP contribution in [0.4, 0.5) is 0 Å². The average Bonchev–Trinajstić information content (AvgIpc) is 2.19. The van der Waals surface area contributed by atoms with E-state index in [1.807, 2.05) is 6.07 Å². The Morgan fingerprint density at radius 1 is 1.20 bits per heavy atom. The largest absolute Gasteiger partial charge is 0.375 e. The highest BCUT2D eigenvalue weighted by Gasteiger charge is 2.15. The smallest absolute Gasteiger partial charge is 0.0598 e. The van der Waals surface area contributed by atoms with E-state index >= 15 is 0 Å². The number of rotatable bonds is 4. The average molecular weight is 224 g/mol. The van der Waals surface area contributed by atoms with Crippen molar-refractivity contribution in [3.63, 3.8) is 0 Å². The zero-order valence-corrected chi connectivity index (χ0v) is 10.6. The van der Waals surface area contributed by atoms with Gasteiger partial charge in [0.2, 0.25) is 0 Å². The Hall–Kier alpha value is -0.470. The van der Waals surface area contributed by atoms with Crippen LogP contribution in [0.15, 0.2) is 30.3 Å². The summed E-state index contributed by atoms with van der Waals surface area (Å²) in [6.45, 7) is 6.96. The topological polar surface area (TPSA) is 9.23 Å². The zero-order valence-electron chi connectivity index (χ0n) is 9.73. The second kappa shape index (κ2) is 5.57. The molecule has 1 unspecified atom stereocenters. The summed E-state index contributed by atoms with van der Waals surface area (Å²) in [6, 6.07) is 10.4. The van der Waals surface area contributed by atoms with Crippen molar-refractivity contribution in [2.45, 2.75) is 32.3 Å². The van der Waals surface area contributed by atoms with Crippen molar-refractivity contribution in [1.29, 1.82) is 0 Å². The van der Waals surface area contributed by atoms with Crippen LogP contribution < -0.4 is 0 Å². The molecular weight excluding hydrogens is 204 g/mol. The van der Waals surface area contributed by atoms with Crippen molar-refractivity contribution >= 4 is 12.6 Å². The molecule has 1 rings (SSSR count). The molecule has 1 aromatic rings. The second-order valence-electron chi connectivity index (χ2n) is 4.71. The van der Waals surface area contributed by atoms with Crippen molar-refractivity contribution in [2.75, 3.05) is 12.4 Å². The predicted molar refractivity (Wildman–Crippen MR) is 68.7 cm³/mol. The highest BCUT2D eigenvalue weighted by molar-refractivity contribution is 7.80. The van der Waals surface area contributed by atoms with Gasteiger partial charge in [-0.25, -0.2) is 0 Å². The molecule has 84 valence electrons. The highest BCUT2D eigenvalue weighted by Crippen LogP contribution is 2.20. The normalized spacial score (nSPS) is 13.9. The lowest BCUT2D eigenvalue weighted by Gasteiger charge is -2.23. The minimum atomic E-state index is -0.0734. The van der Waals surface area contributed by atoms with Crippen molar-refractivity contribution in [3.8, 4) is 0 Å². The second-order valence-corrected chi connectivity index (χ2v) is 5.08. The Balaban J connectivity index is 2.58. The van der Waals surface area contributed by atoms with E-state index < -0.39 is 0 Å². The molecule has 0 heterocycles. The molecule has 0 saturated heterocycles. The Labute approximate surface area is 98.3 Å². The fraction of sp³-hybridized carbons (Fsp3) is 0.538. The molecule has 0 aromatic heterocycles. The van der Waals surface area contributed by atoms with E-state index in [0.29, 0.717) is 5.92 Å². The van der Waals surface area contributed by atoms with Crippen LogP contribution in [0.1, 0.15) is 32.3 Å². The van der Waals surface area contributed by atoms with Gasteiger partial charge in [0.15, 0.2) is 0 Å². The predicted octanol–water partition coefficient (Wildman–Crippen LogP) is 3.52. The number of ether oxygens (including phenoxy) is 1. The van der Waals surface area contributed by atoms with Gasteiger partial charge in [-0.15, -0.1) is 0 Å². The van der Waals surface area contributed by atoms with Crippen LogP contribution in [0.2, 0.25) is 0 Å². The Bertz CT molecular complexity index is 276. The van der Waals surface area contributed by atoms with E-state index in [-0.39, 0.29) is 5.60 Å². The van der Waals surface area contributed by atoms with Gasteiger partial charge in [-0.05, 0) is 32.1 Å².